The van der Waals surface area contributed by atoms with Crippen molar-refractivity contribution in [3.63, 3.8) is 0 Å². The lowest BCUT2D eigenvalue weighted by atomic mass is 10.0. The van der Waals surface area contributed by atoms with Crippen LogP contribution in [0, 0.1) is 13.8 Å². The van der Waals surface area contributed by atoms with E-state index >= 15 is 0 Å². The number of rotatable bonds is 13. The van der Waals surface area contributed by atoms with E-state index < -0.39 is 63.7 Å². The van der Waals surface area contributed by atoms with Gasteiger partial charge in [0.1, 0.15) is 24.4 Å². The van der Waals surface area contributed by atoms with Gasteiger partial charge in [0.25, 0.3) is 20.2 Å². The molecule has 1 N–H and O–H groups in total. The highest BCUT2D eigenvalue weighted by Gasteiger charge is 2.48. The van der Waals surface area contributed by atoms with Crippen LogP contribution in [-0.4, -0.2) is 65.4 Å². The third-order valence-electron chi connectivity index (χ3n) is 6.61. The van der Waals surface area contributed by atoms with Crippen LogP contribution in [0.15, 0.2) is 88.7 Å². The van der Waals surface area contributed by atoms with Gasteiger partial charge in [-0.2, -0.15) is 16.8 Å². The summed E-state index contributed by atoms with van der Waals surface area (Å²) in [5.41, 5.74) is 2.56. The van der Waals surface area contributed by atoms with E-state index in [1.807, 2.05) is 44.2 Å². The highest BCUT2D eigenvalue weighted by molar-refractivity contribution is 7.87. The van der Waals surface area contributed by atoms with Gasteiger partial charge in [-0.15, -0.1) is 0 Å². The van der Waals surface area contributed by atoms with Gasteiger partial charge in [-0.3, -0.25) is 8.37 Å². The average molecular weight is 621 g/mol. The summed E-state index contributed by atoms with van der Waals surface area (Å²) in [7, 11) is -8.32. The molecule has 1 fully saturated rings. The monoisotopic (exact) mass is 620 g/mol. The van der Waals surface area contributed by atoms with Gasteiger partial charge in [-0.25, -0.2) is 0 Å². The lowest BCUT2D eigenvalue weighted by Crippen LogP contribution is -2.48. The Labute approximate surface area is 247 Å². The Kier molecular flexibility index (Phi) is 10.2. The fourth-order valence-electron chi connectivity index (χ4n) is 4.42. The first kappa shape index (κ1) is 32.2. The summed E-state index contributed by atoms with van der Waals surface area (Å²) in [5, 5.41) is 11.2. The Hall–Kier alpha value is -2.68. The zero-order valence-corrected chi connectivity index (χ0v) is 25.5. The smallest absolute Gasteiger partial charge is 0.297 e. The van der Waals surface area contributed by atoms with Gasteiger partial charge in [-0.05, 0) is 57.5 Å². The van der Waals surface area contributed by atoms with E-state index in [1.54, 1.807) is 38.1 Å². The van der Waals surface area contributed by atoms with Crippen molar-refractivity contribution in [3.05, 3.63) is 95.6 Å². The number of aryl methyl sites for hydroxylation is 2. The maximum Gasteiger partial charge on any atom is 0.297 e. The quantitative estimate of drug-likeness (QED) is 0.281. The second-order valence-corrected chi connectivity index (χ2v) is 13.8. The van der Waals surface area contributed by atoms with Crippen molar-refractivity contribution in [3.8, 4) is 0 Å². The maximum atomic E-state index is 12.9. The topological polar surface area (TPSA) is 135 Å². The largest absolute Gasteiger partial charge is 0.388 e. The predicted octanol–water partition coefficient (Wildman–Crippen LogP) is 3.88. The van der Waals surface area contributed by atoms with Crippen molar-refractivity contribution in [2.45, 2.75) is 74.3 Å². The molecule has 4 unspecified atom stereocenters. The minimum Gasteiger partial charge on any atom is -0.388 e. The van der Waals surface area contributed by atoms with E-state index in [0.29, 0.717) is 0 Å². The van der Waals surface area contributed by atoms with Gasteiger partial charge in [-0.1, -0.05) is 65.7 Å². The van der Waals surface area contributed by atoms with Crippen LogP contribution < -0.4 is 0 Å². The van der Waals surface area contributed by atoms with E-state index in [0.717, 1.165) is 16.7 Å². The van der Waals surface area contributed by atoms with Gasteiger partial charge in [0.15, 0.2) is 5.79 Å². The zero-order chi connectivity index (χ0) is 30.5. The second-order valence-electron chi connectivity index (χ2n) is 10.6. The van der Waals surface area contributed by atoms with Crippen LogP contribution in [0.5, 0.6) is 0 Å². The molecule has 1 heterocycles. The summed E-state index contributed by atoms with van der Waals surface area (Å²) in [6, 6.07) is 21.5. The second kappa shape index (κ2) is 13.3. The molecule has 0 radical (unpaired) electrons. The third-order valence-corrected chi connectivity index (χ3v) is 9.20. The molecule has 228 valence electrons. The summed E-state index contributed by atoms with van der Waals surface area (Å²) in [4.78, 5) is -0.0781. The Morgan fingerprint density at radius 1 is 0.786 bits per heavy atom. The molecule has 0 bridgehead atoms. The molecule has 1 aliphatic heterocycles. The minimum absolute atomic E-state index is 0.0190. The lowest BCUT2D eigenvalue weighted by molar-refractivity contribution is -0.174. The molecule has 0 spiro atoms. The van der Waals surface area contributed by atoms with E-state index in [1.165, 1.54) is 24.3 Å². The van der Waals surface area contributed by atoms with Gasteiger partial charge < -0.3 is 19.3 Å². The van der Waals surface area contributed by atoms with E-state index in [-0.39, 0.29) is 16.4 Å². The van der Waals surface area contributed by atoms with Gasteiger partial charge in [0, 0.05) is 0 Å². The normalized spacial score (nSPS) is 20.3. The van der Waals surface area contributed by atoms with Crippen molar-refractivity contribution in [2.75, 3.05) is 13.2 Å². The molecule has 42 heavy (non-hydrogen) atoms. The third kappa shape index (κ3) is 8.45. The van der Waals surface area contributed by atoms with Crippen LogP contribution >= 0.6 is 0 Å². The first-order valence-electron chi connectivity index (χ1n) is 13.4. The molecule has 12 heteroatoms. The minimum atomic E-state index is -4.19. The van der Waals surface area contributed by atoms with E-state index in [9.17, 15) is 21.9 Å². The Morgan fingerprint density at radius 2 is 1.31 bits per heavy atom. The van der Waals surface area contributed by atoms with Crippen LogP contribution in [0.4, 0.5) is 0 Å². The fourth-order valence-corrected chi connectivity index (χ4v) is 6.26. The molecule has 3 aromatic carbocycles. The molecule has 10 nitrogen and oxygen atoms in total. The standard InChI is InChI=1S/C30H36O10S2/c1-21-10-14-24(15-11-21)41(32,33)37-19-26(31)28(36-18-23-8-6-5-7-9-23)29-27(39-30(3,4)40-29)20-38-42(34,35)25-16-12-22(2)13-17-25/h5-17,26-29,31H,18-20H2,1-4H3. The van der Waals surface area contributed by atoms with Crippen LogP contribution in [0.3, 0.4) is 0 Å². The fraction of sp³-hybridized carbons (Fsp3) is 0.400. The molecule has 1 saturated heterocycles. The van der Waals surface area contributed by atoms with E-state index in [2.05, 4.69) is 0 Å². The number of hydrogen-bond acceptors (Lipinski definition) is 10. The summed E-state index contributed by atoms with van der Waals surface area (Å²) < 4.78 is 79.9. The van der Waals surface area contributed by atoms with Gasteiger partial charge in [0.2, 0.25) is 0 Å². The molecule has 3 aromatic rings. The Morgan fingerprint density at radius 3 is 1.86 bits per heavy atom. The van der Waals surface area contributed by atoms with Gasteiger partial charge >= 0.3 is 0 Å². The molecular formula is C30H36O10S2. The summed E-state index contributed by atoms with van der Waals surface area (Å²) >= 11 is 0. The summed E-state index contributed by atoms with van der Waals surface area (Å²) in [6.45, 7) is 5.89. The number of aliphatic hydroxyl groups excluding tert-OH is 1. The molecular weight excluding hydrogens is 584 g/mol. The van der Waals surface area contributed by atoms with Crippen LogP contribution in [-0.2, 0) is 49.4 Å². The van der Waals surface area contributed by atoms with Gasteiger partial charge in [0.05, 0.1) is 29.6 Å². The summed E-state index contributed by atoms with van der Waals surface area (Å²) in [5.74, 6) is -1.19. The first-order chi connectivity index (χ1) is 19.8. The number of hydrogen-bond donors (Lipinski definition) is 1. The van der Waals surface area contributed by atoms with Crippen molar-refractivity contribution >= 4 is 20.2 Å². The number of benzene rings is 3. The van der Waals surface area contributed by atoms with Crippen LogP contribution in [0.25, 0.3) is 0 Å². The molecule has 0 saturated carbocycles. The summed E-state index contributed by atoms with van der Waals surface area (Å²) in [6.07, 6.45) is -4.73. The Balaban J connectivity index is 1.54. The number of ether oxygens (including phenoxy) is 3. The van der Waals surface area contributed by atoms with Crippen molar-refractivity contribution < 1.29 is 44.5 Å². The average Bonchev–Trinajstić information content (AvgIpc) is 3.26. The SMILES string of the molecule is Cc1ccc(S(=O)(=O)OCC(O)C(OCc2ccccc2)C2OC(C)(C)OC2COS(=O)(=O)c2ccc(C)cc2)cc1. The molecule has 0 aliphatic carbocycles. The lowest BCUT2D eigenvalue weighted by Gasteiger charge is -2.30. The molecule has 0 aromatic heterocycles. The molecule has 4 rings (SSSR count). The van der Waals surface area contributed by atoms with Crippen molar-refractivity contribution in [1.29, 1.82) is 0 Å². The number of aliphatic hydroxyl groups is 1. The van der Waals surface area contributed by atoms with E-state index in [4.69, 9.17) is 22.6 Å². The Bertz CT molecular complexity index is 1520. The molecule has 4 atom stereocenters. The zero-order valence-electron chi connectivity index (χ0n) is 23.9. The van der Waals surface area contributed by atoms with Crippen molar-refractivity contribution in [1.82, 2.24) is 0 Å². The van der Waals surface area contributed by atoms with Crippen LogP contribution in [0.2, 0.25) is 0 Å². The maximum absolute atomic E-state index is 12.9. The predicted molar refractivity (Wildman–Crippen MR) is 153 cm³/mol. The van der Waals surface area contributed by atoms with Crippen LogP contribution in [0.1, 0.15) is 30.5 Å². The van der Waals surface area contributed by atoms with Crippen molar-refractivity contribution in [2.24, 2.45) is 0 Å². The highest BCUT2D eigenvalue weighted by atomic mass is 32.2. The molecule has 1 aliphatic rings. The first-order valence-corrected chi connectivity index (χ1v) is 16.2. The molecule has 0 amide bonds. The highest BCUT2D eigenvalue weighted by Crippen LogP contribution is 2.33.